The lowest BCUT2D eigenvalue weighted by Crippen LogP contribution is -3.00. The van der Waals surface area contributed by atoms with Gasteiger partial charge in [0.05, 0.1) is 13.1 Å². The molecule has 0 aromatic carbocycles. The van der Waals surface area contributed by atoms with Crippen LogP contribution < -0.4 is 50.3 Å². The molecular weight excluding hydrogens is 306 g/mol. The molecule has 1 unspecified atom stereocenters. The fraction of sp³-hybridized carbons (Fsp3) is 1.00. The molecule has 1 saturated heterocycles. The van der Waals surface area contributed by atoms with Gasteiger partial charge in [-0.25, -0.2) is 0 Å². The van der Waals surface area contributed by atoms with Crippen LogP contribution in [0.15, 0.2) is 0 Å². The molecular formula is C6H17Br2N3S. The standard InChI is InChI=1S/C6H15N3S.2BrH/c7-2-5-10-6-8-3-1-4-9-6;;/h6,8-9H,1-5,7H2;2*1H. The largest absolute Gasteiger partial charge is 1.00 e. The third-order valence-corrected chi connectivity index (χ3v) is 2.79. The highest BCUT2D eigenvalue weighted by Gasteiger charge is 2.14. The average Bonchev–Trinajstić information content (AvgIpc) is 2.03. The second kappa shape index (κ2) is 10.3. The maximum Gasteiger partial charge on any atom is 0.188 e. The summed E-state index contributed by atoms with van der Waals surface area (Å²) in [4.78, 5) is 0. The first-order chi connectivity index (χ1) is 4.93. The van der Waals surface area contributed by atoms with Crippen molar-refractivity contribution in [1.82, 2.24) is 5.32 Å². The van der Waals surface area contributed by atoms with Crippen molar-refractivity contribution in [2.75, 3.05) is 25.4 Å². The molecule has 6 heteroatoms. The maximum absolute atomic E-state index is 3.81. The van der Waals surface area contributed by atoms with Gasteiger partial charge < -0.3 is 45.0 Å². The van der Waals surface area contributed by atoms with Crippen LogP contribution >= 0.6 is 11.8 Å². The van der Waals surface area contributed by atoms with Crippen LogP contribution in [0.2, 0.25) is 0 Å². The Kier molecular flexibility index (Phi) is 13.4. The van der Waals surface area contributed by atoms with E-state index in [9.17, 15) is 0 Å². The van der Waals surface area contributed by atoms with Crippen molar-refractivity contribution >= 4 is 11.8 Å². The van der Waals surface area contributed by atoms with Crippen LogP contribution in [0.4, 0.5) is 0 Å². The normalized spacial score (nSPS) is 22.2. The average molecular weight is 323 g/mol. The molecule has 1 rings (SSSR count). The van der Waals surface area contributed by atoms with Gasteiger partial charge in [-0.15, -0.1) is 0 Å². The number of hydrogen-bond acceptors (Lipinski definition) is 2. The van der Waals surface area contributed by atoms with Gasteiger partial charge in [0.15, 0.2) is 5.50 Å². The van der Waals surface area contributed by atoms with Crippen LogP contribution in [0.3, 0.4) is 0 Å². The maximum atomic E-state index is 3.81. The summed E-state index contributed by atoms with van der Waals surface area (Å²) in [5.74, 6) is 1.17. The molecule has 0 radical (unpaired) electrons. The Labute approximate surface area is 99.1 Å². The minimum absolute atomic E-state index is 0. The Bertz CT molecular complexity index is 90.9. The van der Waals surface area contributed by atoms with E-state index in [-0.39, 0.29) is 34.0 Å². The molecule has 1 heterocycles. The van der Waals surface area contributed by atoms with Crippen molar-refractivity contribution in [3.05, 3.63) is 0 Å². The summed E-state index contributed by atoms with van der Waals surface area (Å²) in [6.07, 6.45) is 1.31. The van der Waals surface area contributed by atoms with Gasteiger partial charge in [-0.05, 0) is 0 Å². The van der Waals surface area contributed by atoms with Crippen molar-refractivity contribution in [2.45, 2.75) is 11.9 Å². The first kappa shape index (κ1) is 15.7. The van der Waals surface area contributed by atoms with Gasteiger partial charge >= 0.3 is 0 Å². The van der Waals surface area contributed by atoms with E-state index in [2.05, 4.69) is 16.4 Å². The molecule has 1 atom stereocenters. The summed E-state index contributed by atoms with van der Waals surface area (Å²) < 4.78 is 0. The van der Waals surface area contributed by atoms with E-state index in [1.165, 1.54) is 25.3 Å². The molecule has 0 spiro atoms. The minimum atomic E-state index is 0. The van der Waals surface area contributed by atoms with Crippen LogP contribution in [0.5, 0.6) is 0 Å². The molecule has 1 aliphatic heterocycles. The third kappa shape index (κ3) is 6.68. The van der Waals surface area contributed by atoms with Crippen LogP contribution in [0.25, 0.3) is 0 Å². The number of nitrogens with one attached hydrogen (secondary N) is 1. The Balaban J connectivity index is 0. The Morgan fingerprint density at radius 1 is 1.50 bits per heavy atom. The topological polar surface area (TPSA) is 56.3 Å². The van der Waals surface area contributed by atoms with Crippen molar-refractivity contribution in [1.29, 1.82) is 0 Å². The fourth-order valence-corrected chi connectivity index (χ4v) is 1.96. The quantitative estimate of drug-likeness (QED) is 0.483. The van der Waals surface area contributed by atoms with E-state index >= 15 is 0 Å². The van der Waals surface area contributed by atoms with E-state index in [1.54, 1.807) is 0 Å². The molecule has 6 N–H and O–H groups in total. The second-order valence-corrected chi connectivity index (χ2v) is 3.73. The molecule has 1 fully saturated rings. The number of thioether (sulfide) groups is 1. The van der Waals surface area contributed by atoms with Crippen molar-refractivity contribution in [3.8, 4) is 0 Å². The lowest BCUT2D eigenvalue weighted by atomic mass is 10.4. The fourth-order valence-electron chi connectivity index (χ4n) is 1.04. The van der Waals surface area contributed by atoms with Gasteiger partial charge in [-0.2, -0.15) is 0 Å². The molecule has 0 aromatic rings. The van der Waals surface area contributed by atoms with Crippen LogP contribution in [0, 0.1) is 0 Å². The first-order valence-corrected chi connectivity index (χ1v) is 4.96. The van der Waals surface area contributed by atoms with Crippen molar-refractivity contribution in [3.63, 3.8) is 0 Å². The highest BCUT2D eigenvalue weighted by atomic mass is 79.9. The molecule has 76 valence electrons. The zero-order valence-electron chi connectivity index (χ0n) is 7.06. The van der Waals surface area contributed by atoms with Gasteiger partial charge in [0.2, 0.25) is 0 Å². The second-order valence-electron chi connectivity index (χ2n) is 2.48. The summed E-state index contributed by atoms with van der Waals surface area (Å²) in [7, 11) is 0. The van der Waals surface area contributed by atoms with Gasteiger partial charge in [0.25, 0.3) is 0 Å². The van der Waals surface area contributed by atoms with E-state index in [4.69, 9.17) is 0 Å². The van der Waals surface area contributed by atoms with Gasteiger partial charge in [0, 0.05) is 18.7 Å². The zero-order valence-corrected chi connectivity index (χ0v) is 11.1. The zero-order chi connectivity index (χ0) is 7.23. The molecule has 3 nitrogen and oxygen atoms in total. The highest BCUT2D eigenvalue weighted by molar-refractivity contribution is 7.99. The number of halogens is 2. The molecule has 0 amide bonds. The minimum Gasteiger partial charge on any atom is -1.00 e. The molecule has 0 saturated carbocycles. The monoisotopic (exact) mass is 321 g/mol. The molecule has 0 aliphatic carbocycles. The van der Waals surface area contributed by atoms with E-state index < -0.39 is 0 Å². The smallest absolute Gasteiger partial charge is 0.188 e. The summed E-state index contributed by atoms with van der Waals surface area (Å²) in [5, 5.41) is 5.80. The number of quaternary nitrogens is 2. The summed E-state index contributed by atoms with van der Waals surface area (Å²) in [6.45, 7) is 3.50. The van der Waals surface area contributed by atoms with E-state index in [0.717, 1.165) is 6.54 Å². The Morgan fingerprint density at radius 3 is 2.75 bits per heavy atom. The molecule has 0 aromatic heterocycles. The summed E-state index contributed by atoms with van der Waals surface area (Å²) in [6, 6.07) is 0. The van der Waals surface area contributed by atoms with E-state index in [0.29, 0.717) is 5.50 Å². The molecule has 12 heavy (non-hydrogen) atoms. The lowest BCUT2D eigenvalue weighted by molar-refractivity contribution is -0.679. The van der Waals surface area contributed by atoms with Gasteiger partial charge in [-0.1, -0.05) is 11.8 Å². The first-order valence-electron chi connectivity index (χ1n) is 3.91. The van der Waals surface area contributed by atoms with Gasteiger partial charge in [0.1, 0.15) is 0 Å². The van der Waals surface area contributed by atoms with Crippen molar-refractivity contribution < 1.29 is 45.0 Å². The van der Waals surface area contributed by atoms with Crippen LogP contribution in [-0.4, -0.2) is 30.9 Å². The SMILES string of the molecule is [Br-].[Br-].[NH3+]CCSC1NCCC[NH2+]1. The lowest BCUT2D eigenvalue weighted by Gasteiger charge is -2.20. The Morgan fingerprint density at radius 2 is 2.25 bits per heavy atom. The summed E-state index contributed by atoms with van der Waals surface area (Å²) in [5.41, 5.74) is 4.41. The molecule has 0 bridgehead atoms. The summed E-state index contributed by atoms with van der Waals surface area (Å²) >= 11 is 1.97. The van der Waals surface area contributed by atoms with Crippen LogP contribution in [-0.2, 0) is 0 Å². The predicted molar refractivity (Wildman–Crippen MR) is 43.4 cm³/mol. The molecule has 1 aliphatic rings. The third-order valence-electron chi connectivity index (χ3n) is 1.55. The van der Waals surface area contributed by atoms with Gasteiger partial charge in [-0.3, -0.25) is 5.32 Å². The number of nitrogens with two attached hydrogens (primary N) is 1. The Hall–Kier alpha value is 1.19. The van der Waals surface area contributed by atoms with Crippen LogP contribution in [0.1, 0.15) is 6.42 Å². The number of rotatable bonds is 3. The van der Waals surface area contributed by atoms with Crippen molar-refractivity contribution in [2.24, 2.45) is 0 Å². The number of hydrogen-bond donors (Lipinski definition) is 3. The predicted octanol–water partition coefficient (Wildman–Crippen LogP) is -8.19. The van der Waals surface area contributed by atoms with E-state index in [1.807, 2.05) is 11.8 Å². The highest BCUT2D eigenvalue weighted by Crippen LogP contribution is 2.00.